The molecule has 0 radical (unpaired) electrons. The lowest BCUT2D eigenvalue weighted by Crippen LogP contribution is -2.26. The first-order chi connectivity index (χ1) is 8.07. The molecule has 5 heteroatoms. The zero-order valence-electron chi connectivity index (χ0n) is 10.7. The normalized spacial score (nSPS) is 10.9. The molecule has 1 aromatic heterocycles. The van der Waals surface area contributed by atoms with Crippen LogP contribution in [0.4, 0.5) is 5.69 Å². The molecule has 0 spiro atoms. The minimum Gasteiger partial charge on any atom is -0.383 e. The Morgan fingerprint density at radius 2 is 2.18 bits per heavy atom. The third-order valence-corrected chi connectivity index (χ3v) is 3.29. The van der Waals surface area contributed by atoms with Gasteiger partial charge < -0.3 is 5.32 Å². The van der Waals surface area contributed by atoms with Crippen molar-refractivity contribution in [1.29, 1.82) is 0 Å². The summed E-state index contributed by atoms with van der Waals surface area (Å²) in [4.78, 5) is 11.9. The van der Waals surface area contributed by atoms with Gasteiger partial charge in [0.2, 0.25) is 0 Å². The van der Waals surface area contributed by atoms with E-state index < -0.39 is 0 Å². The Balaban J connectivity index is 2.75. The largest absolute Gasteiger partial charge is 0.383 e. The summed E-state index contributed by atoms with van der Waals surface area (Å²) in [5.41, 5.74) is 0.698. The summed E-state index contributed by atoms with van der Waals surface area (Å²) in [7, 11) is 0. The van der Waals surface area contributed by atoms with Crippen molar-refractivity contribution in [2.24, 2.45) is 0 Å². The van der Waals surface area contributed by atoms with Crippen molar-refractivity contribution in [1.82, 2.24) is 9.78 Å². The van der Waals surface area contributed by atoms with Gasteiger partial charge in [0.15, 0.2) is 0 Å². The van der Waals surface area contributed by atoms with Gasteiger partial charge in [-0.3, -0.25) is 4.79 Å². The van der Waals surface area contributed by atoms with Crippen LogP contribution < -0.4 is 10.9 Å². The van der Waals surface area contributed by atoms with Crippen LogP contribution in [0.15, 0.2) is 15.5 Å². The summed E-state index contributed by atoms with van der Waals surface area (Å²) < 4.78 is 2.04. The van der Waals surface area contributed by atoms with Crippen LogP contribution in [0.2, 0.25) is 0 Å². The molecule has 1 N–H and O–H groups in total. The first-order valence-corrected chi connectivity index (χ1v) is 6.88. The zero-order valence-corrected chi connectivity index (χ0v) is 12.2. The molecule has 0 unspecified atom stereocenters. The van der Waals surface area contributed by atoms with Crippen molar-refractivity contribution in [2.75, 3.05) is 11.9 Å². The molecule has 4 nitrogen and oxygen atoms in total. The van der Waals surface area contributed by atoms with E-state index in [4.69, 9.17) is 0 Å². The quantitative estimate of drug-likeness (QED) is 0.821. The molecule has 0 saturated carbocycles. The maximum absolute atomic E-state index is 11.9. The van der Waals surface area contributed by atoms with Crippen LogP contribution in [0.25, 0.3) is 0 Å². The van der Waals surface area contributed by atoms with Gasteiger partial charge in [-0.05, 0) is 36.2 Å². The van der Waals surface area contributed by atoms with Crippen LogP contribution in [0.1, 0.15) is 46.1 Å². The number of halogens is 1. The van der Waals surface area contributed by atoms with Gasteiger partial charge in [0.05, 0.1) is 17.9 Å². The number of aromatic nitrogens is 2. The van der Waals surface area contributed by atoms with E-state index in [0.29, 0.717) is 4.47 Å². The van der Waals surface area contributed by atoms with Gasteiger partial charge in [0.25, 0.3) is 5.56 Å². The summed E-state index contributed by atoms with van der Waals surface area (Å²) in [6.45, 7) is 6.92. The third kappa shape index (κ3) is 3.84. The average Bonchev–Trinajstić information content (AvgIpc) is 2.29. The first kappa shape index (κ1) is 14.2. The first-order valence-electron chi connectivity index (χ1n) is 6.09. The fourth-order valence-corrected chi connectivity index (χ4v) is 1.96. The summed E-state index contributed by atoms with van der Waals surface area (Å²) in [6.07, 6.45) is 5.20. The second kappa shape index (κ2) is 6.79. The van der Waals surface area contributed by atoms with Gasteiger partial charge >= 0.3 is 0 Å². The average molecular weight is 302 g/mol. The SMILES string of the molecule is CCCCCNc1cnn(C(C)C)c(=O)c1Br. The highest BCUT2D eigenvalue weighted by atomic mass is 79.9. The molecule has 0 saturated heterocycles. The number of hydrogen-bond acceptors (Lipinski definition) is 3. The monoisotopic (exact) mass is 301 g/mol. The minimum atomic E-state index is -0.0829. The lowest BCUT2D eigenvalue weighted by Gasteiger charge is -2.12. The molecule has 0 aliphatic heterocycles. The lowest BCUT2D eigenvalue weighted by molar-refractivity contribution is 0.501. The van der Waals surface area contributed by atoms with Crippen LogP contribution in [0.5, 0.6) is 0 Å². The Bertz CT molecular complexity index is 415. The fraction of sp³-hybridized carbons (Fsp3) is 0.667. The highest BCUT2D eigenvalue weighted by Gasteiger charge is 2.09. The molecule has 0 atom stereocenters. The number of unbranched alkanes of at least 4 members (excludes halogenated alkanes) is 2. The molecule has 1 aromatic rings. The van der Waals surface area contributed by atoms with Crippen molar-refractivity contribution in [3.05, 3.63) is 21.0 Å². The van der Waals surface area contributed by atoms with E-state index in [1.165, 1.54) is 17.5 Å². The summed E-state index contributed by atoms with van der Waals surface area (Å²) in [6, 6.07) is 0.0768. The number of anilines is 1. The summed E-state index contributed by atoms with van der Waals surface area (Å²) >= 11 is 3.33. The smallest absolute Gasteiger partial charge is 0.283 e. The Morgan fingerprint density at radius 1 is 1.47 bits per heavy atom. The molecule has 17 heavy (non-hydrogen) atoms. The second-order valence-corrected chi connectivity index (χ2v) is 5.14. The van der Waals surface area contributed by atoms with Gasteiger partial charge in [0, 0.05) is 6.54 Å². The molecule has 0 amide bonds. The lowest BCUT2D eigenvalue weighted by atomic mass is 10.2. The van der Waals surface area contributed by atoms with Crippen LogP contribution in [-0.4, -0.2) is 16.3 Å². The van der Waals surface area contributed by atoms with Gasteiger partial charge in [-0.15, -0.1) is 0 Å². The topological polar surface area (TPSA) is 46.9 Å². The Kier molecular flexibility index (Phi) is 5.68. The van der Waals surface area contributed by atoms with E-state index in [1.54, 1.807) is 6.20 Å². The Labute approximate surface area is 111 Å². The van der Waals surface area contributed by atoms with Crippen molar-refractivity contribution < 1.29 is 0 Å². The number of nitrogens with one attached hydrogen (secondary N) is 1. The maximum Gasteiger partial charge on any atom is 0.283 e. The molecule has 1 rings (SSSR count). The Hall–Kier alpha value is -0.840. The summed E-state index contributed by atoms with van der Waals surface area (Å²) in [5.74, 6) is 0. The third-order valence-electron chi connectivity index (χ3n) is 2.53. The minimum absolute atomic E-state index is 0.0768. The zero-order chi connectivity index (χ0) is 12.8. The molecule has 0 fully saturated rings. The van der Waals surface area contributed by atoms with Crippen molar-refractivity contribution in [2.45, 2.75) is 46.1 Å². The Morgan fingerprint density at radius 3 is 2.76 bits per heavy atom. The highest BCUT2D eigenvalue weighted by molar-refractivity contribution is 9.10. The van der Waals surface area contributed by atoms with Crippen LogP contribution in [-0.2, 0) is 0 Å². The number of hydrogen-bond donors (Lipinski definition) is 1. The maximum atomic E-state index is 11.9. The van der Waals surface area contributed by atoms with Crippen molar-refractivity contribution >= 4 is 21.6 Å². The molecule has 0 aliphatic rings. The number of rotatable bonds is 6. The van der Waals surface area contributed by atoms with Gasteiger partial charge in [-0.2, -0.15) is 5.10 Å². The van der Waals surface area contributed by atoms with Gasteiger partial charge in [0.1, 0.15) is 4.47 Å². The van der Waals surface area contributed by atoms with Crippen molar-refractivity contribution in [3.8, 4) is 0 Å². The predicted octanol–water partition coefficient (Wildman–Crippen LogP) is 3.19. The molecule has 0 aliphatic carbocycles. The molecular weight excluding hydrogens is 282 g/mol. The van der Waals surface area contributed by atoms with E-state index in [2.05, 4.69) is 33.3 Å². The van der Waals surface area contributed by atoms with E-state index in [-0.39, 0.29) is 11.6 Å². The van der Waals surface area contributed by atoms with E-state index in [9.17, 15) is 4.79 Å². The second-order valence-electron chi connectivity index (χ2n) is 4.35. The van der Waals surface area contributed by atoms with Crippen molar-refractivity contribution in [3.63, 3.8) is 0 Å². The fourth-order valence-electron chi connectivity index (χ4n) is 1.53. The molecule has 0 bridgehead atoms. The van der Waals surface area contributed by atoms with E-state index in [0.717, 1.165) is 18.7 Å². The van der Waals surface area contributed by atoms with Crippen LogP contribution in [0.3, 0.4) is 0 Å². The highest BCUT2D eigenvalue weighted by Crippen LogP contribution is 2.17. The van der Waals surface area contributed by atoms with Gasteiger partial charge in [-0.1, -0.05) is 19.8 Å². The predicted molar refractivity (Wildman–Crippen MR) is 74.6 cm³/mol. The molecule has 96 valence electrons. The standard InChI is InChI=1S/C12H20BrN3O/c1-4-5-6-7-14-10-8-15-16(9(2)3)12(17)11(10)13/h8-9,14H,4-7H2,1-3H3. The van der Waals surface area contributed by atoms with Gasteiger partial charge in [-0.25, -0.2) is 4.68 Å². The molecule has 0 aromatic carbocycles. The number of nitrogens with zero attached hydrogens (tertiary/aromatic N) is 2. The van der Waals surface area contributed by atoms with Crippen LogP contribution >= 0.6 is 15.9 Å². The summed E-state index contributed by atoms with van der Waals surface area (Å²) in [5, 5.41) is 7.38. The van der Waals surface area contributed by atoms with E-state index >= 15 is 0 Å². The molecular formula is C12H20BrN3O. The van der Waals surface area contributed by atoms with E-state index in [1.807, 2.05) is 13.8 Å². The molecule has 1 heterocycles. The van der Waals surface area contributed by atoms with Crippen LogP contribution in [0, 0.1) is 0 Å².